The molecule has 1 aliphatic heterocycles. The maximum absolute atomic E-state index is 13.6. The largest absolute Gasteiger partial charge is 0.385 e. The number of anilines is 1. The molecule has 1 heterocycles. The minimum Gasteiger partial charge on any atom is -0.385 e. The van der Waals surface area contributed by atoms with E-state index in [1.165, 1.54) is 6.07 Å². The summed E-state index contributed by atoms with van der Waals surface area (Å²) in [6.45, 7) is 3.29. The summed E-state index contributed by atoms with van der Waals surface area (Å²) in [5.74, 6) is -1.97. The predicted octanol–water partition coefficient (Wildman–Crippen LogP) is 4.60. The molecule has 2 aliphatic rings. The van der Waals surface area contributed by atoms with Gasteiger partial charge in [0.15, 0.2) is 11.6 Å². The molecular formula is C26H30F2N4O2. The number of nitriles is 1. The lowest BCUT2D eigenvalue weighted by Crippen LogP contribution is -2.49. The van der Waals surface area contributed by atoms with Crippen molar-refractivity contribution < 1.29 is 18.7 Å². The molecule has 2 amide bonds. The standard InChI is InChI=1S/C26H30F2N4O2/c27-23-7-6-21(17-24(23)28)30-25(33)32(15-14-31-12-1-2-13-31)22-8-10-26(34,11-9-22)20-5-3-4-19(16-20)18-29/h3-7,16-17,22,34H,1-2,8-15H2,(H,30,33)/t22-,26+. The van der Waals surface area contributed by atoms with Crippen molar-refractivity contribution in [3.8, 4) is 6.07 Å². The van der Waals surface area contributed by atoms with Gasteiger partial charge in [0.2, 0.25) is 0 Å². The molecule has 0 atom stereocenters. The zero-order valence-corrected chi connectivity index (χ0v) is 19.1. The number of hydrogen-bond acceptors (Lipinski definition) is 4. The van der Waals surface area contributed by atoms with Crippen molar-refractivity contribution >= 4 is 11.7 Å². The fourth-order valence-corrected chi connectivity index (χ4v) is 5.03. The number of rotatable bonds is 6. The smallest absolute Gasteiger partial charge is 0.322 e. The maximum Gasteiger partial charge on any atom is 0.322 e. The molecule has 0 bridgehead atoms. The summed E-state index contributed by atoms with van der Waals surface area (Å²) in [5.41, 5.74) is 0.391. The summed E-state index contributed by atoms with van der Waals surface area (Å²) in [6, 6.07) is 12.0. The van der Waals surface area contributed by atoms with E-state index in [1.807, 2.05) is 6.07 Å². The predicted molar refractivity (Wildman–Crippen MR) is 125 cm³/mol. The number of urea groups is 1. The Bertz CT molecular complexity index is 1060. The lowest BCUT2D eigenvalue weighted by atomic mass is 9.77. The number of nitrogens with zero attached hydrogens (tertiary/aromatic N) is 3. The van der Waals surface area contributed by atoms with E-state index in [0.717, 1.165) is 50.2 Å². The Balaban J connectivity index is 1.46. The van der Waals surface area contributed by atoms with Crippen LogP contribution in [-0.4, -0.2) is 53.2 Å². The van der Waals surface area contributed by atoms with Crippen molar-refractivity contribution in [2.75, 3.05) is 31.5 Å². The molecule has 0 radical (unpaired) electrons. The first kappa shape index (κ1) is 24.1. The van der Waals surface area contributed by atoms with Gasteiger partial charge in [-0.2, -0.15) is 5.26 Å². The zero-order valence-electron chi connectivity index (χ0n) is 19.1. The molecule has 2 aromatic carbocycles. The second-order valence-corrected chi connectivity index (χ2v) is 9.26. The summed E-state index contributed by atoms with van der Waals surface area (Å²) in [4.78, 5) is 17.3. The molecule has 6 nitrogen and oxygen atoms in total. The van der Waals surface area contributed by atoms with Gasteiger partial charge in [-0.25, -0.2) is 13.6 Å². The lowest BCUT2D eigenvalue weighted by molar-refractivity contribution is -0.0198. The zero-order chi connectivity index (χ0) is 24.1. The average molecular weight is 469 g/mol. The number of halogens is 2. The van der Waals surface area contributed by atoms with Crippen molar-refractivity contribution in [1.29, 1.82) is 5.26 Å². The number of likely N-dealkylation sites (tertiary alicyclic amines) is 1. The van der Waals surface area contributed by atoms with Gasteiger partial charge in [0, 0.05) is 30.9 Å². The molecule has 2 aromatic rings. The highest BCUT2D eigenvalue weighted by Gasteiger charge is 2.38. The van der Waals surface area contributed by atoms with Crippen LogP contribution in [0.1, 0.15) is 49.7 Å². The maximum atomic E-state index is 13.6. The van der Waals surface area contributed by atoms with Gasteiger partial charge in [-0.05, 0) is 81.4 Å². The molecule has 1 aliphatic carbocycles. The molecule has 1 saturated heterocycles. The Labute approximate surface area is 198 Å². The minimum absolute atomic E-state index is 0.0904. The normalized spacial score (nSPS) is 22.8. The highest BCUT2D eigenvalue weighted by atomic mass is 19.2. The first-order valence-corrected chi connectivity index (χ1v) is 11.9. The molecule has 2 fully saturated rings. The quantitative estimate of drug-likeness (QED) is 0.650. The van der Waals surface area contributed by atoms with E-state index in [4.69, 9.17) is 0 Å². The van der Waals surface area contributed by atoms with Crippen LogP contribution in [0.25, 0.3) is 0 Å². The number of benzene rings is 2. The van der Waals surface area contributed by atoms with Crippen LogP contribution in [0.15, 0.2) is 42.5 Å². The Morgan fingerprint density at radius 3 is 2.56 bits per heavy atom. The van der Waals surface area contributed by atoms with E-state index >= 15 is 0 Å². The van der Waals surface area contributed by atoms with Crippen molar-refractivity contribution in [3.05, 3.63) is 65.2 Å². The van der Waals surface area contributed by atoms with E-state index in [9.17, 15) is 23.9 Å². The monoisotopic (exact) mass is 468 g/mol. The van der Waals surface area contributed by atoms with Crippen LogP contribution in [0.4, 0.5) is 19.3 Å². The fourth-order valence-electron chi connectivity index (χ4n) is 5.03. The molecule has 0 unspecified atom stereocenters. The minimum atomic E-state index is -1.04. The Hall–Kier alpha value is -3.02. The second-order valence-electron chi connectivity index (χ2n) is 9.26. The third-order valence-corrected chi connectivity index (χ3v) is 7.04. The van der Waals surface area contributed by atoms with Crippen molar-refractivity contribution in [1.82, 2.24) is 9.80 Å². The van der Waals surface area contributed by atoms with Gasteiger partial charge >= 0.3 is 6.03 Å². The lowest BCUT2D eigenvalue weighted by Gasteiger charge is -2.41. The molecule has 34 heavy (non-hydrogen) atoms. The number of hydrogen-bond donors (Lipinski definition) is 2. The second kappa shape index (κ2) is 10.5. The van der Waals surface area contributed by atoms with Gasteiger partial charge in [0.25, 0.3) is 0 Å². The van der Waals surface area contributed by atoms with Crippen LogP contribution in [0.5, 0.6) is 0 Å². The van der Waals surface area contributed by atoms with Crippen molar-refractivity contribution in [3.63, 3.8) is 0 Å². The summed E-state index contributed by atoms with van der Waals surface area (Å²) in [6.07, 6.45) is 4.42. The van der Waals surface area contributed by atoms with Crippen LogP contribution in [-0.2, 0) is 5.60 Å². The SMILES string of the molecule is N#Cc1cccc([C@]2(O)CC[C@@H](N(CCN3CCCC3)C(=O)Nc3ccc(F)c(F)c3)CC2)c1. The number of nitrogens with one attached hydrogen (secondary N) is 1. The van der Waals surface area contributed by atoms with Gasteiger partial charge in [0.05, 0.1) is 17.2 Å². The van der Waals surface area contributed by atoms with Crippen molar-refractivity contribution in [2.24, 2.45) is 0 Å². The number of carbonyl (C=O) groups is 1. The van der Waals surface area contributed by atoms with Crippen LogP contribution < -0.4 is 5.32 Å². The van der Waals surface area contributed by atoms with Gasteiger partial charge in [0.1, 0.15) is 0 Å². The van der Waals surface area contributed by atoms with Crippen LogP contribution in [0.2, 0.25) is 0 Å². The molecule has 0 spiro atoms. The topological polar surface area (TPSA) is 79.6 Å². The number of carbonyl (C=O) groups excluding carboxylic acids is 1. The molecule has 8 heteroatoms. The van der Waals surface area contributed by atoms with E-state index in [-0.39, 0.29) is 17.8 Å². The van der Waals surface area contributed by atoms with Crippen molar-refractivity contribution in [2.45, 2.75) is 50.2 Å². The number of amides is 2. The Morgan fingerprint density at radius 2 is 1.88 bits per heavy atom. The van der Waals surface area contributed by atoms with Gasteiger partial charge < -0.3 is 20.2 Å². The highest BCUT2D eigenvalue weighted by Crippen LogP contribution is 2.39. The molecule has 0 aromatic heterocycles. The Kier molecular flexibility index (Phi) is 7.44. The van der Waals surface area contributed by atoms with Crippen LogP contribution in [0.3, 0.4) is 0 Å². The summed E-state index contributed by atoms with van der Waals surface area (Å²) in [7, 11) is 0. The van der Waals surface area contributed by atoms with Crippen LogP contribution in [0, 0.1) is 23.0 Å². The molecule has 4 rings (SSSR count). The van der Waals surface area contributed by atoms with Gasteiger partial charge in [-0.15, -0.1) is 0 Å². The van der Waals surface area contributed by atoms with E-state index in [0.29, 0.717) is 37.8 Å². The highest BCUT2D eigenvalue weighted by molar-refractivity contribution is 5.89. The van der Waals surface area contributed by atoms with Gasteiger partial charge in [-0.1, -0.05) is 12.1 Å². The average Bonchev–Trinajstić information content (AvgIpc) is 3.36. The van der Waals surface area contributed by atoms with Gasteiger partial charge in [-0.3, -0.25) is 0 Å². The summed E-state index contributed by atoms with van der Waals surface area (Å²) < 4.78 is 26.9. The van der Waals surface area contributed by atoms with Crippen LogP contribution >= 0.6 is 0 Å². The van der Waals surface area contributed by atoms with E-state index in [1.54, 1.807) is 23.1 Å². The first-order chi connectivity index (χ1) is 16.4. The molecule has 1 saturated carbocycles. The molecule has 180 valence electrons. The number of aliphatic hydroxyl groups is 1. The first-order valence-electron chi connectivity index (χ1n) is 11.9. The molecular weight excluding hydrogens is 438 g/mol. The Morgan fingerprint density at radius 1 is 1.15 bits per heavy atom. The fraction of sp³-hybridized carbons (Fsp3) is 0.462. The third-order valence-electron chi connectivity index (χ3n) is 7.04. The summed E-state index contributed by atoms with van der Waals surface area (Å²) in [5, 5.41) is 23.2. The third kappa shape index (κ3) is 5.54. The van der Waals surface area contributed by atoms with E-state index < -0.39 is 17.2 Å². The summed E-state index contributed by atoms with van der Waals surface area (Å²) >= 11 is 0. The van der Waals surface area contributed by atoms with E-state index in [2.05, 4.69) is 16.3 Å². The molecule has 2 N–H and O–H groups in total.